The molecule has 1 heterocycles. The van der Waals surface area contributed by atoms with Gasteiger partial charge in [0.05, 0.1) is 18.2 Å². The molecule has 92 valence electrons. The summed E-state index contributed by atoms with van der Waals surface area (Å²) in [6.07, 6.45) is 3.43. The van der Waals surface area contributed by atoms with E-state index in [0.29, 0.717) is 12.2 Å². The Morgan fingerprint density at radius 2 is 2.11 bits per heavy atom. The zero-order valence-corrected chi connectivity index (χ0v) is 9.86. The molecule has 2 aromatic rings. The summed E-state index contributed by atoms with van der Waals surface area (Å²) in [7, 11) is 0. The van der Waals surface area contributed by atoms with Gasteiger partial charge in [0.25, 0.3) is 0 Å². The Balaban J connectivity index is 2.32. The minimum atomic E-state index is -0.341. The number of nitriles is 1. The predicted molar refractivity (Wildman–Crippen MR) is 65.7 cm³/mol. The van der Waals surface area contributed by atoms with E-state index in [0.717, 1.165) is 5.56 Å². The quantitative estimate of drug-likeness (QED) is 0.874. The van der Waals surface area contributed by atoms with Crippen LogP contribution in [0.3, 0.4) is 0 Å². The van der Waals surface area contributed by atoms with E-state index in [-0.39, 0.29) is 18.4 Å². The second-order valence-electron chi connectivity index (χ2n) is 4.04. The Morgan fingerprint density at radius 3 is 2.67 bits per heavy atom. The van der Waals surface area contributed by atoms with Crippen LogP contribution in [0.25, 0.3) is 0 Å². The van der Waals surface area contributed by atoms with Gasteiger partial charge < -0.3 is 9.52 Å². The van der Waals surface area contributed by atoms with E-state index in [4.69, 9.17) is 9.52 Å². The molecule has 1 aromatic carbocycles. The Bertz CT molecular complexity index is 502. The van der Waals surface area contributed by atoms with Gasteiger partial charge in [0.15, 0.2) is 6.39 Å². The second-order valence-corrected chi connectivity index (χ2v) is 4.04. The largest absolute Gasteiger partial charge is 0.448 e. The first-order valence-corrected chi connectivity index (χ1v) is 5.80. The molecule has 0 radical (unpaired) electrons. The third-order valence-electron chi connectivity index (χ3n) is 2.96. The van der Waals surface area contributed by atoms with E-state index in [2.05, 4.69) is 11.1 Å². The van der Waals surface area contributed by atoms with Crippen LogP contribution in [0.15, 0.2) is 47.3 Å². The van der Waals surface area contributed by atoms with Gasteiger partial charge in [-0.15, -0.1) is 0 Å². The number of benzene rings is 1. The summed E-state index contributed by atoms with van der Waals surface area (Å²) in [6.45, 7) is 0.0103. The fraction of sp³-hybridized carbons (Fsp3) is 0.286. The predicted octanol–water partition coefficient (Wildman–Crippen LogP) is 2.45. The van der Waals surface area contributed by atoms with E-state index in [1.54, 1.807) is 6.20 Å². The number of aliphatic hydroxyl groups is 1. The number of aliphatic hydroxyl groups excluding tert-OH is 1. The van der Waals surface area contributed by atoms with Crippen molar-refractivity contribution in [1.29, 1.82) is 5.26 Å². The minimum absolute atomic E-state index is 0.0103. The topological polar surface area (TPSA) is 70.0 Å². The van der Waals surface area contributed by atoms with Crippen molar-refractivity contribution in [1.82, 2.24) is 4.98 Å². The molecule has 4 nitrogen and oxygen atoms in total. The van der Waals surface area contributed by atoms with E-state index >= 15 is 0 Å². The van der Waals surface area contributed by atoms with Gasteiger partial charge in [0.1, 0.15) is 5.76 Å². The molecule has 0 aliphatic rings. The highest BCUT2D eigenvalue weighted by Gasteiger charge is 2.26. The van der Waals surface area contributed by atoms with Crippen LogP contribution in [0.4, 0.5) is 0 Å². The van der Waals surface area contributed by atoms with Crippen LogP contribution in [0.5, 0.6) is 0 Å². The molecular weight excluding hydrogens is 228 g/mol. The van der Waals surface area contributed by atoms with Crippen molar-refractivity contribution in [2.45, 2.75) is 18.3 Å². The summed E-state index contributed by atoms with van der Waals surface area (Å²) in [5, 5.41) is 18.5. The zero-order valence-electron chi connectivity index (χ0n) is 9.86. The Hall–Kier alpha value is -2.12. The number of rotatable bonds is 5. The van der Waals surface area contributed by atoms with Crippen LogP contribution >= 0.6 is 0 Å². The summed E-state index contributed by atoms with van der Waals surface area (Å²) >= 11 is 0. The summed E-state index contributed by atoms with van der Waals surface area (Å²) < 4.78 is 5.28. The molecule has 0 bridgehead atoms. The average molecular weight is 242 g/mol. The molecule has 18 heavy (non-hydrogen) atoms. The summed E-state index contributed by atoms with van der Waals surface area (Å²) in [5.74, 6) is 0.121. The van der Waals surface area contributed by atoms with E-state index in [1.165, 1.54) is 6.39 Å². The Labute approximate surface area is 106 Å². The van der Waals surface area contributed by atoms with Gasteiger partial charge in [-0.3, -0.25) is 0 Å². The van der Waals surface area contributed by atoms with Crippen LogP contribution in [0.1, 0.15) is 29.6 Å². The van der Waals surface area contributed by atoms with Crippen molar-refractivity contribution < 1.29 is 9.52 Å². The Kier molecular flexibility index (Phi) is 4.11. The maximum absolute atomic E-state index is 9.38. The van der Waals surface area contributed by atoms with E-state index in [9.17, 15) is 5.26 Å². The van der Waals surface area contributed by atoms with E-state index in [1.807, 2.05) is 30.3 Å². The van der Waals surface area contributed by atoms with Gasteiger partial charge in [0, 0.05) is 12.5 Å². The molecule has 1 N–H and O–H groups in total. The average Bonchev–Trinajstić information content (AvgIpc) is 2.93. The zero-order chi connectivity index (χ0) is 12.8. The Morgan fingerprint density at radius 1 is 1.33 bits per heavy atom. The van der Waals surface area contributed by atoms with Crippen molar-refractivity contribution in [3.05, 3.63) is 54.2 Å². The molecule has 0 saturated heterocycles. The monoisotopic (exact) mass is 242 g/mol. The lowest BCUT2D eigenvalue weighted by atomic mass is 9.84. The lowest BCUT2D eigenvalue weighted by Crippen LogP contribution is -2.11. The van der Waals surface area contributed by atoms with Gasteiger partial charge in [-0.25, -0.2) is 4.98 Å². The fourth-order valence-corrected chi connectivity index (χ4v) is 2.08. The molecule has 4 heteroatoms. The number of hydrogen-bond acceptors (Lipinski definition) is 4. The van der Waals surface area contributed by atoms with Gasteiger partial charge in [-0.1, -0.05) is 30.3 Å². The summed E-state index contributed by atoms with van der Waals surface area (Å²) in [6, 6.07) is 11.8. The van der Waals surface area contributed by atoms with Gasteiger partial charge in [-0.2, -0.15) is 5.26 Å². The number of oxazole rings is 1. The highest BCUT2D eigenvalue weighted by Crippen LogP contribution is 2.34. The number of aromatic nitrogens is 1. The highest BCUT2D eigenvalue weighted by molar-refractivity contribution is 5.29. The lowest BCUT2D eigenvalue weighted by molar-refractivity contribution is 0.263. The smallest absolute Gasteiger partial charge is 0.180 e. The van der Waals surface area contributed by atoms with Gasteiger partial charge in [-0.05, 0) is 12.0 Å². The van der Waals surface area contributed by atoms with Crippen LogP contribution in [-0.4, -0.2) is 16.7 Å². The van der Waals surface area contributed by atoms with Crippen LogP contribution in [0, 0.1) is 11.3 Å². The van der Waals surface area contributed by atoms with Crippen LogP contribution in [-0.2, 0) is 0 Å². The van der Waals surface area contributed by atoms with Gasteiger partial charge in [0.2, 0.25) is 0 Å². The highest BCUT2D eigenvalue weighted by atomic mass is 16.3. The first kappa shape index (κ1) is 12.3. The molecule has 0 aliphatic heterocycles. The third kappa shape index (κ3) is 2.58. The molecule has 0 aliphatic carbocycles. The molecule has 0 unspecified atom stereocenters. The normalized spacial score (nSPS) is 13.8. The maximum atomic E-state index is 9.38. The maximum Gasteiger partial charge on any atom is 0.180 e. The summed E-state index contributed by atoms with van der Waals surface area (Å²) in [5.41, 5.74) is 0.926. The molecule has 0 spiro atoms. The molecule has 2 atom stereocenters. The standard InChI is InChI=1S/C14H14N2O2/c15-8-13(11-4-2-1-3-5-11)12(6-7-17)14-9-16-10-18-14/h1-5,9-10,12-13,17H,6-7H2/t12-,13+/m1/s1. The lowest BCUT2D eigenvalue weighted by Gasteiger charge is -2.19. The SMILES string of the molecule is N#C[C@@H](c1ccccc1)[C@@H](CCO)c1cnco1. The molecule has 0 amide bonds. The molecular formula is C14H14N2O2. The molecule has 2 rings (SSSR count). The van der Waals surface area contributed by atoms with Gasteiger partial charge >= 0.3 is 0 Å². The van der Waals surface area contributed by atoms with Crippen molar-refractivity contribution in [2.75, 3.05) is 6.61 Å². The fourth-order valence-electron chi connectivity index (χ4n) is 2.08. The van der Waals surface area contributed by atoms with Crippen molar-refractivity contribution in [2.24, 2.45) is 0 Å². The summed E-state index contributed by atoms with van der Waals surface area (Å²) in [4.78, 5) is 3.88. The van der Waals surface area contributed by atoms with E-state index < -0.39 is 0 Å². The van der Waals surface area contributed by atoms with Crippen LogP contribution < -0.4 is 0 Å². The molecule has 0 fully saturated rings. The molecule has 1 aromatic heterocycles. The minimum Gasteiger partial charge on any atom is -0.448 e. The van der Waals surface area contributed by atoms with Crippen molar-refractivity contribution in [3.8, 4) is 6.07 Å². The van der Waals surface area contributed by atoms with Crippen LogP contribution in [0.2, 0.25) is 0 Å². The number of hydrogen-bond donors (Lipinski definition) is 1. The number of nitrogens with zero attached hydrogens (tertiary/aromatic N) is 2. The third-order valence-corrected chi connectivity index (χ3v) is 2.96. The van der Waals surface area contributed by atoms with Crippen molar-refractivity contribution >= 4 is 0 Å². The first-order chi connectivity index (χ1) is 8.86. The second kappa shape index (κ2) is 5.99. The van der Waals surface area contributed by atoms with Crippen molar-refractivity contribution in [3.63, 3.8) is 0 Å². The first-order valence-electron chi connectivity index (χ1n) is 5.80. The molecule has 0 saturated carbocycles.